The fourth-order valence-electron chi connectivity index (χ4n) is 1.29. The third-order valence-corrected chi connectivity index (χ3v) is 3.76. The predicted molar refractivity (Wildman–Crippen MR) is 66.5 cm³/mol. The van der Waals surface area contributed by atoms with Gasteiger partial charge < -0.3 is 0 Å². The van der Waals surface area contributed by atoms with E-state index in [1.807, 2.05) is 0 Å². The Bertz CT molecular complexity index is 170. The van der Waals surface area contributed by atoms with Crippen molar-refractivity contribution in [1.82, 2.24) is 0 Å². The lowest BCUT2D eigenvalue weighted by Crippen LogP contribution is -2.11. The van der Waals surface area contributed by atoms with Crippen LogP contribution in [0.4, 0.5) is 0 Å². The molecule has 14 heavy (non-hydrogen) atoms. The average Bonchev–Trinajstić information content (AvgIpc) is 2.17. The van der Waals surface area contributed by atoms with Crippen molar-refractivity contribution < 1.29 is 0 Å². The van der Waals surface area contributed by atoms with Crippen LogP contribution in [-0.2, 0) is 0 Å². The SMILES string of the molecule is CCC(C)(C)CC=CC(C)(CC)CC. The van der Waals surface area contributed by atoms with Crippen LogP contribution in [0, 0.1) is 10.8 Å². The molecule has 0 N–H and O–H groups in total. The van der Waals surface area contributed by atoms with Gasteiger partial charge in [-0.2, -0.15) is 0 Å². The molecule has 0 bridgehead atoms. The zero-order valence-corrected chi connectivity index (χ0v) is 11.0. The van der Waals surface area contributed by atoms with Gasteiger partial charge >= 0.3 is 0 Å². The van der Waals surface area contributed by atoms with Crippen molar-refractivity contribution in [3.05, 3.63) is 12.2 Å². The highest BCUT2D eigenvalue weighted by atomic mass is 14.2. The molecule has 0 fully saturated rings. The van der Waals surface area contributed by atoms with Crippen molar-refractivity contribution in [3.63, 3.8) is 0 Å². The summed E-state index contributed by atoms with van der Waals surface area (Å²) in [6.07, 6.45) is 9.76. The normalized spacial score (nSPS) is 13.9. The number of rotatable bonds is 6. The Morgan fingerprint density at radius 3 is 1.71 bits per heavy atom. The van der Waals surface area contributed by atoms with Gasteiger partial charge in [-0.25, -0.2) is 0 Å². The van der Waals surface area contributed by atoms with Gasteiger partial charge in [0.05, 0.1) is 0 Å². The maximum absolute atomic E-state index is 2.42. The molecule has 0 heterocycles. The molecule has 0 aliphatic rings. The Balaban J connectivity index is 4.17. The van der Waals surface area contributed by atoms with Gasteiger partial charge in [-0.3, -0.25) is 0 Å². The topological polar surface area (TPSA) is 0 Å². The maximum Gasteiger partial charge on any atom is -0.0152 e. The Kier molecular flexibility index (Phi) is 5.48. The lowest BCUT2D eigenvalue weighted by molar-refractivity contribution is 0.350. The Labute approximate surface area is 90.8 Å². The summed E-state index contributed by atoms with van der Waals surface area (Å²) in [4.78, 5) is 0. The minimum Gasteiger partial charge on any atom is -0.0875 e. The second-order valence-corrected chi connectivity index (χ2v) is 5.49. The fourth-order valence-corrected chi connectivity index (χ4v) is 1.29. The predicted octanol–water partition coefficient (Wildman–Crippen LogP) is 5.20. The van der Waals surface area contributed by atoms with E-state index in [1.165, 1.54) is 25.7 Å². The summed E-state index contributed by atoms with van der Waals surface area (Å²) >= 11 is 0. The molecule has 0 nitrogen and oxygen atoms in total. The van der Waals surface area contributed by atoms with Gasteiger partial charge in [0, 0.05) is 0 Å². The molecular weight excluding hydrogens is 168 g/mol. The lowest BCUT2D eigenvalue weighted by atomic mass is 9.81. The Hall–Kier alpha value is -0.260. The van der Waals surface area contributed by atoms with E-state index in [2.05, 4.69) is 53.7 Å². The largest absolute Gasteiger partial charge is 0.0875 e. The van der Waals surface area contributed by atoms with Crippen LogP contribution < -0.4 is 0 Å². The van der Waals surface area contributed by atoms with Crippen molar-refractivity contribution in [2.45, 2.75) is 67.2 Å². The van der Waals surface area contributed by atoms with Crippen molar-refractivity contribution in [2.24, 2.45) is 10.8 Å². The molecule has 0 atom stereocenters. The van der Waals surface area contributed by atoms with Gasteiger partial charge in [0.25, 0.3) is 0 Å². The molecule has 0 aliphatic carbocycles. The van der Waals surface area contributed by atoms with Crippen LogP contribution in [0.5, 0.6) is 0 Å². The van der Waals surface area contributed by atoms with Gasteiger partial charge in [-0.1, -0.05) is 60.1 Å². The Morgan fingerprint density at radius 1 is 0.857 bits per heavy atom. The van der Waals surface area contributed by atoms with Crippen LogP contribution in [0.25, 0.3) is 0 Å². The van der Waals surface area contributed by atoms with E-state index >= 15 is 0 Å². The quantitative estimate of drug-likeness (QED) is 0.512. The standard InChI is InChI=1S/C14H28/c1-7-13(4,5)11-10-12-14(6,8-2)9-3/h10,12H,7-9,11H2,1-6H3. The van der Waals surface area contributed by atoms with Crippen LogP contribution in [0.2, 0.25) is 0 Å². The van der Waals surface area contributed by atoms with E-state index in [-0.39, 0.29) is 0 Å². The van der Waals surface area contributed by atoms with Crippen molar-refractivity contribution in [2.75, 3.05) is 0 Å². The van der Waals surface area contributed by atoms with E-state index in [0.29, 0.717) is 10.8 Å². The monoisotopic (exact) mass is 196 g/mol. The first kappa shape index (κ1) is 13.7. The fraction of sp³-hybridized carbons (Fsp3) is 0.857. The van der Waals surface area contributed by atoms with Crippen molar-refractivity contribution in [3.8, 4) is 0 Å². The van der Waals surface area contributed by atoms with Crippen molar-refractivity contribution in [1.29, 1.82) is 0 Å². The molecule has 0 spiro atoms. The summed E-state index contributed by atoms with van der Waals surface area (Å²) in [5, 5.41) is 0. The zero-order valence-electron chi connectivity index (χ0n) is 11.0. The van der Waals surface area contributed by atoms with E-state index in [4.69, 9.17) is 0 Å². The van der Waals surface area contributed by atoms with Gasteiger partial charge in [-0.05, 0) is 30.1 Å². The first-order valence-corrected chi connectivity index (χ1v) is 6.07. The first-order chi connectivity index (χ1) is 6.39. The van der Waals surface area contributed by atoms with Gasteiger partial charge in [0.1, 0.15) is 0 Å². The van der Waals surface area contributed by atoms with Crippen LogP contribution in [-0.4, -0.2) is 0 Å². The smallest absolute Gasteiger partial charge is 0.0152 e. The zero-order chi connectivity index (χ0) is 11.2. The van der Waals surface area contributed by atoms with Gasteiger partial charge in [0.15, 0.2) is 0 Å². The average molecular weight is 196 g/mol. The van der Waals surface area contributed by atoms with Crippen LogP contribution in [0.3, 0.4) is 0 Å². The van der Waals surface area contributed by atoms with Crippen LogP contribution in [0.1, 0.15) is 67.2 Å². The summed E-state index contributed by atoms with van der Waals surface area (Å²) in [6.45, 7) is 13.9. The molecule has 0 rings (SSSR count). The molecule has 0 saturated carbocycles. The first-order valence-electron chi connectivity index (χ1n) is 6.07. The van der Waals surface area contributed by atoms with E-state index in [9.17, 15) is 0 Å². The third kappa shape index (κ3) is 4.83. The van der Waals surface area contributed by atoms with Crippen LogP contribution >= 0.6 is 0 Å². The van der Waals surface area contributed by atoms with Gasteiger partial charge in [-0.15, -0.1) is 0 Å². The summed E-state index contributed by atoms with van der Waals surface area (Å²) in [6, 6.07) is 0. The number of hydrogen-bond donors (Lipinski definition) is 0. The number of allylic oxidation sites excluding steroid dienone is 2. The second kappa shape index (κ2) is 5.58. The molecule has 0 unspecified atom stereocenters. The molecule has 0 amide bonds. The molecule has 0 saturated heterocycles. The molecule has 0 aromatic rings. The van der Waals surface area contributed by atoms with Crippen molar-refractivity contribution >= 4 is 0 Å². The molecule has 0 heteroatoms. The minimum absolute atomic E-state index is 0.420. The van der Waals surface area contributed by atoms with Crippen LogP contribution in [0.15, 0.2) is 12.2 Å². The molecule has 0 aromatic carbocycles. The second-order valence-electron chi connectivity index (χ2n) is 5.49. The van der Waals surface area contributed by atoms with E-state index in [1.54, 1.807) is 0 Å². The highest BCUT2D eigenvalue weighted by Gasteiger charge is 2.16. The molecule has 84 valence electrons. The molecular formula is C14H28. The molecule has 0 radical (unpaired) electrons. The Morgan fingerprint density at radius 2 is 1.36 bits per heavy atom. The van der Waals surface area contributed by atoms with E-state index in [0.717, 1.165) is 0 Å². The summed E-state index contributed by atoms with van der Waals surface area (Å²) in [5.74, 6) is 0. The number of hydrogen-bond acceptors (Lipinski definition) is 0. The maximum atomic E-state index is 2.42. The third-order valence-electron chi connectivity index (χ3n) is 3.76. The molecule has 0 aliphatic heterocycles. The highest BCUT2D eigenvalue weighted by molar-refractivity contribution is 4.97. The molecule has 0 aromatic heterocycles. The van der Waals surface area contributed by atoms with Gasteiger partial charge in [0.2, 0.25) is 0 Å². The summed E-state index contributed by atoms with van der Waals surface area (Å²) < 4.78 is 0. The summed E-state index contributed by atoms with van der Waals surface area (Å²) in [5.41, 5.74) is 0.892. The highest BCUT2D eigenvalue weighted by Crippen LogP contribution is 2.30. The lowest BCUT2D eigenvalue weighted by Gasteiger charge is -2.24. The van der Waals surface area contributed by atoms with E-state index < -0.39 is 0 Å². The summed E-state index contributed by atoms with van der Waals surface area (Å²) in [7, 11) is 0. The minimum atomic E-state index is 0.420.